The topological polar surface area (TPSA) is 101 Å². The zero-order chi connectivity index (χ0) is 28.5. The van der Waals surface area contributed by atoms with Gasteiger partial charge in [0.1, 0.15) is 11.2 Å². The molecule has 0 unspecified atom stereocenters. The molecule has 1 saturated heterocycles. The van der Waals surface area contributed by atoms with Crippen LogP contribution in [0.2, 0.25) is 5.02 Å². The zero-order valence-electron chi connectivity index (χ0n) is 21.8. The van der Waals surface area contributed by atoms with Crippen molar-refractivity contribution < 1.29 is 27.9 Å². The van der Waals surface area contributed by atoms with E-state index in [2.05, 4.69) is 20.4 Å². The molecule has 0 spiro atoms. The molecule has 2 N–H and O–H groups in total. The van der Waals surface area contributed by atoms with Crippen molar-refractivity contribution in [2.24, 2.45) is 0 Å². The highest BCUT2D eigenvalue weighted by Crippen LogP contribution is 2.42. The lowest BCUT2D eigenvalue weighted by molar-refractivity contribution is -0.122. The van der Waals surface area contributed by atoms with Crippen molar-refractivity contribution in [3.63, 3.8) is 0 Å². The van der Waals surface area contributed by atoms with Crippen LogP contribution in [0.4, 0.5) is 20.2 Å². The molecule has 2 amide bonds. The van der Waals surface area contributed by atoms with E-state index in [0.717, 1.165) is 36.4 Å². The van der Waals surface area contributed by atoms with E-state index in [9.17, 15) is 23.2 Å². The first kappa shape index (κ1) is 28.0. The van der Waals surface area contributed by atoms with E-state index >= 15 is 0 Å². The summed E-state index contributed by atoms with van der Waals surface area (Å²) < 4.78 is 33.6. The van der Waals surface area contributed by atoms with Crippen molar-refractivity contribution in [3.05, 3.63) is 87.7 Å². The number of nitrogens with one attached hydrogen (secondary N) is 2. The van der Waals surface area contributed by atoms with E-state index in [-0.39, 0.29) is 35.3 Å². The van der Waals surface area contributed by atoms with Crippen LogP contribution >= 0.6 is 11.6 Å². The number of ether oxygens (including phenoxy) is 1. The van der Waals surface area contributed by atoms with E-state index in [1.54, 1.807) is 4.90 Å². The lowest BCUT2D eigenvalue weighted by atomic mass is 9.69. The number of hydrogen-bond donors (Lipinski definition) is 2. The Hall–Kier alpha value is -4.05. The molecule has 1 aromatic heterocycles. The predicted octanol–water partition coefficient (Wildman–Crippen LogP) is 4.68. The molecule has 4 rings (SSSR count). The quantitative estimate of drug-likeness (QED) is 0.410. The molecule has 0 radical (unpaired) electrons. The van der Waals surface area contributed by atoms with Gasteiger partial charge in [-0.1, -0.05) is 49.7 Å². The number of hydrogen-bond acceptors (Lipinski definition) is 6. The van der Waals surface area contributed by atoms with Crippen LogP contribution < -0.4 is 15.5 Å². The Morgan fingerprint density at radius 2 is 1.79 bits per heavy atom. The van der Waals surface area contributed by atoms with Gasteiger partial charge in [0.15, 0.2) is 11.5 Å². The molecule has 1 aliphatic heterocycles. The van der Waals surface area contributed by atoms with Crippen molar-refractivity contribution in [2.45, 2.75) is 25.2 Å². The number of benzene rings is 2. The number of amides is 2. The molecule has 11 heteroatoms. The summed E-state index contributed by atoms with van der Waals surface area (Å²) >= 11 is 5.90. The highest BCUT2D eigenvalue weighted by molar-refractivity contribution is 6.31. The van der Waals surface area contributed by atoms with Crippen LogP contribution in [0.3, 0.4) is 0 Å². The summed E-state index contributed by atoms with van der Waals surface area (Å²) in [5, 5.41) is 4.94. The molecular formula is C28H27ClF2N4O4. The highest BCUT2D eigenvalue weighted by atomic mass is 35.5. The van der Waals surface area contributed by atoms with Crippen LogP contribution in [0.5, 0.6) is 0 Å². The van der Waals surface area contributed by atoms with E-state index < -0.39 is 40.5 Å². The van der Waals surface area contributed by atoms with Gasteiger partial charge in [-0.05, 0) is 29.2 Å². The Bertz CT molecular complexity index is 1460. The number of carbonyl (C=O) groups excluding carboxylic acids is 3. The first-order chi connectivity index (χ1) is 18.5. The SMILES string of the molecule is CNC(=O)c1cc(Cl)c(F)cc1NC(=O)C1(c2ccccc2C(C)C)CN(c2cnc(C(=O)OC)c(F)c2)C1. The molecule has 39 heavy (non-hydrogen) atoms. The lowest BCUT2D eigenvalue weighted by Crippen LogP contribution is -2.65. The fourth-order valence-corrected chi connectivity index (χ4v) is 4.89. The van der Waals surface area contributed by atoms with Crippen LogP contribution in [0, 0.1) is 11.6 Å². The summed E-state index contributed by atoms with van der Waals surface area (Å²) in [6, 6.07) is 10.8. The predicted molar refractivity (Wildman–Crippen MR) is 143 cm³/mol. The Morgan fingerprint density at radius 3 is 2.41 bits per heavy atom. The van der Waals surface area contributed by atoms with Gasteiger partial charge in [-0.2, -0.15) is 0 Å². The summed E-state index contributed by atoms with van der Waals surface area (Å²) in [5.74, 6) is -3.49. The van der Waals surface area contributed by atoms with Crippen molar-refractivity contribution in [3.8, 4) is 0 Å². The third-order valence-corrected chi connectivity index (χ3v) is 7.10. The number of aromatic nitrogens is 1. The number of rotatable bonds is 7. The fourth-order valence-electron chi connectivity index (χ4n) is 4.72. The first-order valence-electron chi connectivity index (χ1n) is 12.1. The fraction of sp³-hybridized carbons (Fsp3) is 0.286. The van der Waals surface area contributed by atoms with Gasteiger partial charge in [-0.3, -0.25) is 9.59 Å². The van der Waals surface area contributed by atoms with Crippen molar-refractivity contribution in [2.75, 3.05) is 37.5 Å². The smallest absolute Gasteiger partial charge is 0.359 e. The second-order valence-electron chi connectivity index (χ2n) is 9.54. The monoisotopic (exact) mass is 556 g/mol. The molecule has 0 bridgehead atoms. The molecule has 2 aromatic carbocycles. The third kappa shape index (κ3) is 5.16. The molecule has 1 aliphatic rings. The molecule has 8 nitrogen and oxygen atoms in total. The lowest BCUT2D eigenvalue weighted by Gasteiger charge is -2.51. The molecule has 0 aliphatic carbocycles. The minimum atomic E-state index is -1.13. The highest BCUT2D eigenvalue weighted by Gasteiger charge is 2.52. The minimum Gasteiger partial charge on any atom is -0.464 e. The standard InChI is InChI=1S/C28H27ClF2N4O4/c1-15(2)17-7-5-6-8-19(17)28(13-35(14-28)16-9-22(31)24(33-12-16)26(37)39-4)27(38)34-23-11-21(30)20(29)10-18(23)25(36)32-3/h5-12,15H,13-14H2,1-4H3,(H,32,36)(H,34,38). The number of esters is 1. The van der Waals surface area contributed by atoms with Gasteiger partial charge >= 0.3 is 5.97 Å². The number of carbonyl (C=O) groups is 3. The largest absolute Gasteiger partial charge is 0.464 e. The normalized spacial score (nSPS) is 14.0. The number of nitrogens with zero attached hydrogens (tertiary/aromatic N) is 2. The Kier molecular flexibility index (Phi) is 7.87. The maximum Gasteiger partial charge on any atom is 0.359 e. The number of pyridine rings is 1. The average Bonchev–Trinajstić information content (AvgIpc) is 2.89. The zero-order valence-corrected chi connectivity index (χ0v) is 22.5. The van der Waals surface area contributed by atoms with Crippen LogP contribution in [0.1, 0.15) is 51.7 Å². The summed E-state index contributed by atoms with van der Waals surface area (Å²) in [5.41, 5.74) is 0.461. The van der Waals surface area contributed by atoms with Crippen LogP contribution in [0.15, 0.2) is 48.7 Å². The second-order valence-corrected chi connectivity index (χ2v) is 9.95. The Morgan fingerprint density at radius 1 is 1.10 bits per heavy atom. The molecule has 0 atom stereocenters. The van der Waals surface area contributed by atoms with E-state index in [4.69, 9.17) is 11.6 Å². The molecule has 0 saturated carbocycles. The summed E-state index contributed by atoms with van der Waals surface area (Å²) in [6.07, 6.45) is 1.34. The second kappa shape index (κ2) is 11.0. The van der Waals surface area contributed by atoms with Gasteiger partial charge in [-0.25, -0.2) is 18.6 Å². The molecule has 1 fully saturated rings. The van der Waals surface area contributed by atoms with Gasteiger partial charge in [0, 0.05) is 26.2 Å². The van der Waals surface area contributed by atoms with Gasteiger partial charge < -0.3 is 20.3 Å². The van der Waals surface area contributed by atoms with Crippen molar-refractivity contribution in [1.82, 2.24) is 10.3 Å². The van der Waals surface area contributed by atoms with Crippen LogP contribution in [-0.2, 0) is 14.9 Å². The Balaban J connectivity index is 1.74. The van der Waals surface area contributed by atoms with Gasteiger partial charge in [-0.15, -0.1) is 0 Å². The maximum atomic E-state index is 14.6. The molecule has 204 valence electrons. The van der Waals surface area contributed by atoms with Gasteiger partial charge in [0.25, 0.3) is 5.91 Å². The number of anilines is 2. The first-order valence-corrected chi connectivity index (χ1v) is 12.5. The van der Waals surface area contributed by atoms with E-state index in [0.29, 0.717) is 5.69 Å². The maximum absolute atomic E-state index is 14.6. The van der Waals surface area contributed by atoms with Gasteiger partial charge in [0.05, 0.1) is 35.3 Å². The summed E-state index contributed by atoms with van der Waals surface area (Å²) in [7, 11) is 2.54. The van der Waals surface area contributed by atoms with E-state index in [1.165, 1.54) is 13.2 Å². The number of methoxy groups -OCH3 is 1. The van der Waals surface area contributed by atoms with Crippen LogP contribution in [-0.4, -0.2) is 50.0 Å². The van der Waals surface area contributed by atoms with Gasteiger partial charge in [0.2, 0.25) is 5.91 Å². The molecular weight excluding hydrogens is 530 g/mol. The average molecular weight is 557 g/mol. The van der Waals surface area contributed by atoms with Crippen molar-refractivity contribution >= 4 is 40.8 Å². The third-order valence-electron chi connectivity index (χ3n) is 6.81. The van der Waals surface area contributed by atoms with E-state index in [1.807, 2.05) is 38.1 Å². The summed E-state index contributed by atoms with van der Waals surface area (Å²) in [6.45, 7) is 4.27. The molecule has 2 heterocycles. The van der Waals surface area contributed by atoms with Crippen molar-refractivity contribution in [1.29, 1.82) is 0 Å². The molecule has 3 aromatic rings. The van der Waals surface area contributed by atoms with Crippen LogP contribution in [0.25, 0.3) is 0 Å². The Labute approximate surface area is 229 Å². The minimum absolute atomic E-state index is 0.00499. The number of halogens is 3. The summed E-state index contributed by atoms with van der Waals surface area (Å²) in [4.78, 5) is 43.9.